The second-order valence-corrected chi connectivity index (χ2v) is 5.80. The van der Waals surface area contributed by atoms with Crippen LogP contribution >= 0.6 is 0 Å². The molecule has 0 amide bonds. The molecule has 0 aromatic heterocycles. The van der Waals surface area contributed by atoms with Crippen molar-refractivity contribution in [3.63, 3.8) is 0 Å². The van der Waals surface area contributed by atoms with Gasteiger partial charge in [0.2, 0.25) is 0 Å². The summed E-state index contributed by atoms with van der Waals surface area (Å²) in [5.41, 5.74) is 0. The molecule has 0 aliphatic rings. The van der Waals surface area contributed by atoms with Crippen molar-refractivity contribution in [2.75, 3.05) is 0 Å². The predicted molar refractivity (Wildman–Crippen MR) is 93.6 cm³/mol. The molecule has 0 aromatic carbocycles. The second kappa shape index (κ2) is 19.6. The first kappa shape index (κ1) is 23.3. The zero-order chi connectivity index (χ0) is 15.7. The van der Waals surface area contributed by atoms with Crippen molar-refractivity contribution in [3.05, 3.63) is 38.0 Å². The van der Waals surface area contributed by atoms with Crippen molar-refractivity contribution >= 4 is 0 Å². The van der Waals surface area contributed by atoms with Gasteiger partial charge >= 0.3 is 0 Å². The number of hydrogen-bond donors (Lipinski definition) is 0. The van der Waals surface area contributed by atoms with Crippen LogP contribution in [-0.4, -0.2) is 0 Å². The Balaban J connectivity index is -0.000000203. The van der Waals surface area contributed by atoms with E-state index in [2.05, 4.69) is 61.3 Å². The van der Waals surface area contributed by atoms with E-state index in [1.807, 2.05) is 18.2 Å². The fourth-order valence-corrected chi connectivity index (χ4v) is 0.951. The Kier molecular flexibility index (Phi) is 24.0. The van der Waals surface area contributed by atoms with Crippen LogP contribution in [0.1, 0.15) is 67.2 Å². The van der Waals surface area contributed by atoms with Crippen LogP contribution in [0.2, 0.25) is 0 Å². The lowest BCUT2D eigenvalue weighted by Crippen LogP contribution is -1.82. The third-order valence-electron chi connectivity index (χ3n) is 2.63. The maximum Gasteiger partial charge on any atom is -0.0267 e. The number of rotatable bonds is 7. The molecule has 0 heterocycles. The Morgan fingerprint density at radius 2 is 1.37 bits per heavy atom. The fourth-order valence-electron chi connectivity index (χ4n) is 0.951. The van der Waals surface area contributed by atoms with E-state index in [1.165, 1.54) is 12.8 Å². The highest BCUT2D eigenvalue weighted by Crippen LogP contribution is 2.02. The number of allylic oxidation sites excluding steroid dienone is 3. The SMILES string of the molecule is C=CC(C)CC.C=CCC(C)C.C=CCCC(C)C. The Morgan fingerprint density at radius 3 is 1.42 bits per heavy atom. The van der Waals surface area contributed by atoms with Crippen molar-refractivity contribution in [3.8, 4) is 0 Å². The summed E-state index contributed by atoms with van der Waals surface area (Å²) in [7, 11) is 0. The lowest BCUT2D eigenvalue weighted by atomic mass is 10.1. The monoisotopic (exact) mass is 266 g/mol. The van der Waals surface area contributed by atoms with Crippen LogP contribution in [0.25, 0.3) is 0 Å². The van der Waals surface area contributed by atoms with Gasteiger partial charge < -0.3 is 0 Å². The van der Waals surface area contributed by atoms with Crippen LogP contribution < -0.4 is 0 Å². The van der Waals surface area contributed by atoms with Gasteiger partial charge in [-0.2, -0.15) is 0 Å². The molecule has 0 aliphatic carbocycles. The molecule has 0 radical (unpaired) electrons. The van der Waals surface area contributed by atoms with Gasteiger partial charge in [0, 0.05) is 0 Å². The minimum atomic E-state index is 0.699. The minimum Gasteiger partial charge on any atom is -0.103 e. The molecule has 0 fully saturated rings. The molecule has 0 bridgehead atoms. The van der Waals surface area contributed by atoms with Gasteiger partial charge in [0.25, 0.3) is 0 Å². The summed E-state index contributed by atoms with van der Waals surface area (Å²) in [5.74, 6) is 2.31. The molecule has 0 spiro atoms. The molecule has 0 aliphatic heterocycles. The maximum absolute atomic E-state index is 3.63. The van der Waals surface area contributed by atoms with Crippen LogP contribution in [-0.2, 0) is 0 Å². The number of hydrogen-bond acceptors (Lipinski definition) is 0. The van der Waals surface area contributed by atoms with E-state index in [-0.39, 0.29) is 0 Å². The zero-order valence-corrected chi connectivity index (χ0v) is 14.4. The molecule has 1 atom stereocenters. The zero-order valence-electron chi connectivity index (χ0n) is 14.4. The fraction of sp³-hybridized carbons (Fsp3) is 0.684. The largest absolute Gasteiger partial charge is 0.103 e. The van der Waals surface area contributed by atoms with Gasteiger partial charge in [-0.3, -0.25) is 0 Å². The van der Waals surface area contributed by atoms with Gasteiger partial charge in [0.15, 0.2) is 0 Å². The van der Waals surface area contributed by atoms with Crippen LogP contribution in [0, 0.1) is 17.8 Å². The van der Waals surface area contributed by atoms with Gasteiger partial charge in [-0.25, -0.2) is 0 Å². The summed E-state index contributed by atoms with van der Waals surface area (Å²) in [6.45, 7) is 24.0. The predicted octanol–water partition coefficient (Wildman–Crippen LogP) is 7.05. The van der Waals surface area contributed by atoms with E-state index in [1.54, 1.807) is 0 Å². The van der Waals surface area contributed by atoms with Crippen molar-refractivity contribution in [1.82, 2.24) is 0 Å². The molecule has 0 N–H and O–H groups in total. The standard InChI is InChI=1S/C7H14.2C6H12/c1-4-5-6-7(2)3;1-4-5-6(2)3;1-4-6(3)5-2/h4,7H,1,5-6H2,2-3H3;2*4,6H,1,5H2,2-3H3. The summed E-state index contributed by atoms with van der Waals surface area (Å²) in [5, 5.41) is 0. The van der Waals surface area contributed by atoms with Crippen molar-refractivity contribution in [2.24, 2.45) is 17.8 Å². The van der Waals surface area contributed by atoms with Gasteiger partial charge in [-0.05, 0) is 37.0 Å². The summed E-state index contributed by atoms with van der Waals surface area (Å²) in [6, 6.07) is 0. The third kappa shape index (κ3) is 38.2. The highest BCUT2D eigenvalue weighted by molar-refractivity contribution is 4.72. The van der Waals surface area contributed by atoms with Crippen LogP contribution in [0.15, 0.2) is 38.0 Å². The molecular formula is C19H38. The lowest BCUT2D eigenvalue weighted by Gasteiger charge is -1.96. The van der Waals surface area contributed by atoms with E-state index in [0.717, 1.165) is 24.7 Å². The highest BCUT2D eigenvalue weighted by atomic mass is 13.9. The Bertz CT molecular complexity index is 186. The molecule has 0 saturated carbocycles. The molecule has 114 valence electrons. The van der Waals surface area contributed by atoms with Crippen molar-refractivity contribution in [1.29, 1.82) is 0 Å². The molecular weight excluding hydrogens is 228 g/mol. The highest BCUT2D eigenvalue weighted by Gasteiger charge is 1.87. The molecule has 1 unspecified atom stereocenters. The molecule has 19 heavy (non-hydrogen) atoms. The first-order valence-electron chi connectivity index (χ1n) is 7.69. The first-order chi connectivity index (χ1) is 8.85. The maximum atomic E-state index is 3.63. The summed E-state index contributed by atoms with van der Waals surface area (Å²) >= 11 is 0. The molecule has 0 rings (SSSR count). The van der Waals surface area contributed by atoms with Gasteiger partial charge in [0.1, 0.15) is 0 Å². The second-order valence-electron chi connectivity index (χ2n) is 5.80. The van der Waals surface area contributed by atoms with Crippen molar-refractivity contribution < 1.29 is 0 Å². The van der Waals surface area contributed by atoms with E-state index in [0.29, 0.717) is 5.92 Å². The van der Waals surface area contributed by atoms with Gasteiger partial charge in [0.05, 0.1) is 0 Å². The normalized spacial score (nSPS) is 10.7. The Labute approximate surface area is 123 Å². The third-order valence-corrected chi connectivity index (χ3v) is 2.63. The summed E-state index contributed by atoms with van der Waals surface area (Å²) < 4.78 is 0. The quantitative estimate of drug-likeness (QED) is 0.433. The van der Waals surface area contributed by atoms with E-state index < -0.39 is 0 Å². The first-order valence-corrected chi connectivity index (χ1v) is 7.69. The van der Waals surface area contributed by atoms with E-state index in [9.17, 15) is 0 Å². The Morgan fingerprint density at radius 1 is 0.842 bits per heavy atom. The van der Waals surface area contributed by atoms with Crippen molar-refractivity contribution in [2.45, 2.75) is 67.2 Å². The van der Waals surface area contributed by atoms with Gasteiger partial charge in [-0.15, -0.1) is 19.7 Å². The van der Waals surface area contributed by atoms with Crippen LogP contribution in [0.3, 0.4) is 0 Å². The van der Waals surface area contributed by atoms with Crippen LogP contribution in [0.5, 0.6) is 0 Å². The topological polar surface area (TPSA) is 0 Å². The summed E-state index contributed by atoms with van der Waals surface area (Å²) in [6.07, 6.45) is 10.7. The van der Waals surface area contributed by atoms with Crippen LogP contribution in [0.4, 0.5) is 0 Å². The molecule has 0 saturated heterocycles. The van der Waals surface area contributed by atoms with Gasteiger partial charge in [-0.1, -0.05) is 66.2 Å². The molecule has 0 heteroatoms. The smallest absolute Gasteiger partial charge is 0.0267 e. The average Bonchev–Trinajstić information content (AvgIpc) is 2.36. The molecule has 0 nitrogen and oxygen atoms in total. The lowest BCUT2D eigenvalue weighted by molar-refractivity contribution is 0.595. The average molecular weight is 267 g/mol. The van der Waals surface area contributed by atoms with E-state index in [4.69, 9.17) is 0 Å². The van der Waals surface area contributed by atoms with E-state index >= 15 is 0 Å². The summed E-state index contributed by atoms with van der Waals surface area (Å²) in [4.78, 5) is 0. The minimum absolute atomic E-state index is 0.699. The Hall–Kier alpha value is -0.780. The molecule has 0 aromatic rings.